The number of hydrogen-bond acceptors (Lipinski definition) is 4. The molecule has 0 aliphatic heterocycles. The number of hydrogen-bond donors (Lipinski definition) is 3. The second kappa shape index (κ2) is 7.05. The van der Waals surface area contributed by atoms with Crippen molar-refractivity contribution >= 4 is 34.2 Å². The van der Waals surface area contributed by atoms with Gasteiger partial charge in [-0.15, -0.1) is 0 Å². The van der Waals surface area contributed by atoms with E-state index in [2.05, 4.69) is 16.2 Å². The zero-order valence-corrected chi connectivity index (χ0v) is 12.6. The SMILES string of the molecule is COC[C@H](C)NC(=S)NNC(=O)c1cc2ccccc2o1. The van der Waals surface area contributed by atoms with E-state index >= 15 is 0 Å². The van der Waals surface area contributed by atoms with Crippen LogP contribution in [0, 0.1) is 0 Å². The highest BCUT2D eigenvalue weighted by Crippen LogP contribution is 2.18. The minimum Gasteiger partial charge on any atom is -0.451 e. The normalized spacial score (nSPS) is 11.9. The molecule has 0 unspecified atom stereocenters. The van der Waals surface area contributed by atoms with Crippen LogP contribution in [0.2, 0.25) is 0 Å². The fourth-order valence-corrected chi connectivity index (χ4v) is 2.07. The molecule has 0 aliphatic carbocycles. The minimum atomic E-state index is -0.394. The zero-order valence-electron chi connectivity index (χ0n) is 11.8. The van der Waals surface area contributed by atoms with Gasteiger partial charge in [-0.3, -0.25) is 15.6 Å². The lowest BCUT2D eigenvalue weighted by Gasteiger charge is -2.16. The molecule has 0 saturated carbocycles. The predicted octanol–water partition coefficient (Wildman–Crippen LogP) is 1.58. The highest BCUT2D eigenvalue weighted by Gasteiger charge is 2.12. The first-order valence-corrected chi connectivity index (χ1v) is 6.85. The monoisotopic (exact) mass is 307 g/mol. The summed E-state index contributed by atoms with van der Waals surface area (Å²) in [4.78, 5) is 12.0. The number of methoxy groups -OCH3 is 1. The van der Waals surface area contributed by atoms with Gasteiger partial charge in [-0.05, 0) is 31.3 Å². The van der Waals surface area contributed by atoms with E-state index in [1.807, 2.05) is 25.1 Å². The predicted molar refractivity (Wildman–Crippen MR) is 83.9 cm³/mol. The van der Waals surface area contributed by atoms with E-state index in [0.717, 1.165) is 5.39 Å². The van der Waals surface area contributed by atoms with Gasteiger partial charge in [0.15, 0.2) is 10.9 Å². The molecule has 0 radical (unpaired) electrons. The number of rotatable bonds is 4. The summed E-state index contributed by atoms with van der Waals surface area (Å²) < 4.78 is 10.4. The second-order valence-corrected chi connectivity index (χ2v) is 4.97. The molecule has 1 atom stereocenters. The van der Waals surface area contributed by atoms with E-state index in [-0.39, 0.29) is 11.8 Å². The number of hydrazine groups is 1. The molecule has 1 aromatic heterocycles. The molecule has 7 heteroatoms. The number of ether oxygens (including phenoxy) is 1. The Balaban J connectivity index is 1.88. The van der Waals surface area contributed by atoms with Gasteiger partial charge in [-0.25, -0.2) is 0 Å². The number of fused-ring (bicyclic) bond motifs is 1. The Morgan fingerprint density at radius 1 is 1.38 bits per heavy atom. The third kappa shape index (κ3) is 4.17. The van der Waals surface area contributed by atoms with Gasteiger partial charge >= 0.3 is 5.91 Å². The van der Waals surface area contributed by atoms with Crippen LogP contribution in [-0.2, 0) is 4.74 Å². The van der Waals surface area contributed by atoms with Crippen molar-refractivity contribution in [2.75, 3.05) is 13.7 Å². The molecule has 1 heterocycles. The summed E-state index contributed by atoms with van der Waals surface area (Å²) in [5.41, 5.74) is 5.76. The van der Waals surface area contributed by atoms with Crippen molar-refractivity contribution in [1.82, 2.24) is 16.2 Å². The minimum absolute atomic E-state index is 0.0399. The van der Waals surface area contributed by atoms with Crippen LogP contribution in [0.3, 0.4) is 0 Å². The van der Waals surface area contributed by atoms with Crippen LogP contribution in [0.4, 0.5) is 0 Å². The number of nitrogens with one attached hydrogen (secondary N) is 3. The summed E-state index contributed by atoms with van der Waals surface area (Å²) in [6.07, 6.45) is 0. The van der Waals surface area contributed by atoms with Crippen molar-refractivity contribution in [1.29, 1.82) is 0 Å². The molecule has 21 heavy (non-hydrogen) atoms. The fourth-order valence-electron chi connectivity index (χ4n) is 1.82. The van der Waals surface area contributed by atoms with Gasteiger partial charge in [0.2, 0.25) is 0 Å². The average Bonchev–Trinajstić information content (AvgIpc) is 2.89. The molecule has 0 bridgehead atoms. The first-order chi connectivity index (χ1) is 10.1. The molecular formula is C14H17N3O3S. The number of carbonyl (C=O) groups excluding carboxylic acids is 1. The van der Waals surface area contributed by atoms with Crippen LogP contribution in [0.15, 0.2) is 34.7 Å². The molecule has 112 valence electrons. The lowest BCUT2D eigenvalue weighted by Crippen LogP contribution is -2.49. The van der Waals surface area contributed by atoms with Crippen molar-refractivity contribution in [3.8, 4) is 0 Å². The summed E-state index contributed by atoms with van der Waals surface area (Å²) in [5, 5.41) is 4.15. The maximum atomic E-state index is 12.0. The van der Waals surface area contributed by atoms with Crippen LogP contribution in [0.5, 0.6) is 0 Å². The van der Waals surface area contributed by atoms with Gasteiger partial charge in [-0.2, -0.15) is 0 Å². The van der Waals surface area contributed by atoms with Crippen LogP contribution < -0.4 is 16.2 Å². The first-order valence-electron chi connectivity index (χ1n) is 6.44. The van der Waals surface area contributed by atoms with Crippen LogP contribution in [0.25, 0.3) is 11.0 Å². The number of thiocarbonyl (C=S) groups is 1. The number of furan rings is 1. The van der Waals surface area contributed by atoms with Crippen molar-refractivity contribution in [3.05, 3.63) is 36.1 Å². The Bertz CT molecular complexity index is 608. The Morgan fingerprint density at radius 3 is 2.86 bits per heavy atom. The molecule has 0 spiro atoms. The highest BCUT2D eigenvalue weighted by molar-refractivity contribution is 7.80. The summed E-state index contributed by atoms with van der Waals surface area (Å²) in [7, 11) is 1.61. The lowest BCUT2D eigenvalue weighted by molar-refractivity contribution is 0.0917. The van der Waals surface area contributed by atoms with Gasteiger partial charge in [0.25, 0.3) is 0 Å². The summed E-state index contributed by atoms with van der Waals surface area (Å²) in [6, 6.07) is 9.13. The molecule has 6 nitrogen and oxygen atoms in total. The topological polar surface area (TPSA) is 75.5 Å². The van der Waals surface area contributed by atoms with E-state index in [9.17, 15) is 4.79 Å². The maximum absolute atomic E-state index is 12.0. The second-order valence-electron chi connectivity index (χ2n) is 4.56. The van der Waals surface area contributed by atoms with Gasteiger partial charge in [0.05, 0.1) is 6.61 Å². The molecule has 1 aromatic carbocycles. The zero-order chi connectivity index (χ0) is 15.2. The van der Waals surface area contributed by atoms with Crippen LogP contribution >= 0.6 is 12.2 Å². The van der Waals surface area contributed by atoms with Crippen LogP contribution in [0.1, 0.15) is 17.5 Å². The standard InChI is InChI=1S/C14H17N3O3S/c1-9(8-19-2)15-14(21)17-16-13(18)12-7-10-5-3-4-6-11(10)20-12/h3-7,9H,8H2,1-2H3,(H,16,18)(H2,15,17,21)/t9-/m0/s1. The summed E-state index contributed by atoms with van der Waals surface area (Å²) in [6.45, 7) is 2.43. The Morgan fingerprint density at radius 2 is 2.14 bits per heavy atom. The van der Waals surface area contributed by atoms with E-state index in [0.29, 0.717) is 17.3 Å². The van der Waals surface area contributed by atoms with Gasteiger partial charge < -0.3 is 14.5 Å². The summed E-state index contributed by atoms with van der Waals surface area (Å²) >= 11 is 5.05. The van der Waals surface area contributed by atoms with Crippen molar-refractivity contribution in [3.63, 3.8) is 0 Å². The van der Waals surface area contributed by atoms with Gasteiger partial charge in [-0.1, -0.05) is 18.2 Å². The quantitative estimate of drug-likeness (QED) is 0.588. The molecule has 0 fully saturated rings. The Kier molecular flexibility index (Phi) is 5.13. The number of amides is 1. The molecular weight excluding hydrogens is 290 g/mol. The molecule has 1 amide bonds. The summed E-state index contributed by atoms with van der Waals surface area (Å²) in [5.74, 6) is -0.175. The third-order valence-corrected chi connectivity index (χ3v) is 2.95. The lowest BCUT2D eigenvalue weighted by atomic mass is 10.2. The molecule has 0 aliphatic rings. The van der Waals surface area contributed by atoms with Gasteiger partial charge in [0.1, 0.15) is 5.58 Å². The number of para-hydroxylation sites is 1. The average molecular weight is 307 g/mol. The maximum Gasteiger partial charge on any atom is 0.305 e. The van der Waals surface area contributed by atoms with E-state index in [1.165, 1.54) is 0 Å². The third-order valence-electron chi connectivity index (χ3n) is 2.73. The molecule has 3 N–H and O–H groups in total. The highest BCUT2D eigenvalue weighted by atomic mass is 32.1. The van der Waals surface area contributed by atoms with Crippen molar-refractivity contribution in [2.24, 2.45) is 0 Å². The molecule has 2 rings (SSSR count). The van der Waals surface area contributed by atoms with E-state index in [4.69, 9.17) is 21.4 Å². The number of carbonyl (C=O) groups is 1. The van der Waals surface area contributed by atoms with Crippen molar-refractivity contribution < 1.29 is 13.9 Å². The molecule has 0 saturated heterocycles. The fraction of sp³-hybridized carbons (Fsp3) is 0.286. The van der Waals surface area contributed by atoms with Crippen molar-refractivity contribution in [2.45, 2.75) is 13.0 Å². The van der Waals surface area contributed by atoms with Gasteiger partial charge in [0, 0.05) is 18.5 Å². The smallest absolute Gasteiger partial charge is 0.305 e. The van der Waals surface area contributed by atoms with E-state index < -0.39 is 5.91 Å². The van der Waals surface area contributed by atoms with Crippen LogP contribution in [-0.4, -0.2) is 30.8 Å². The largest absolute Gasteiger partial charge is 0.451 e. The number of benzene rings is 1. The Labute approximate surface area is 127 Å². The molecule has 2 aromatic rings. The Hall–Kier alpha value is -2.12. The first kappa shape index (κ1) is 15.3. The van der Waals surface area contributed by atoms with E-state index in [1.54, 1.807) is 19.2 Å².